The first-order valence-electron chi connectivity index (χ1n) is 5.73. The third-order valence-electron chi connectivity index (χ3n) is 2.76. The van der Waals surface area contributed by atoms with E-state index in [-0.39, 0.29) is 12.5 Å². The Morgan fingerprint density at radius 3 is 2.78 bits per heavy atom. The van der Waals surface area contributed by atoms with Gasteiger partial charge in [0.25, 0.3) is 0 Å². The molecule has 0 fully saturated rings. The number of methoxy groups -OCH3 is 1. The lowest BCUT2D eigenvalue weighted by atomic mass is 9.93. The summed E-state index contributed by atoms with van der Waals surface area (Å²) in [7, 11) is 1.59. The van der Waals surface area contributed by atoms with Crippen LogP contribution in [-0.4, -0.2) is 30.8 Å². The molecular weight excluding hydrogens is 232 g/mol. The van der Waals surface area contributed by atoms with Gasteiger partial charge in [-0.05, 0) is 31.5 Å². The van der Waals surface area contributed by atoms with Crippen LogP contribution in [0.4, 0.5) is 0 Å². The van der Waals surface area contributed by atoms with Crippen LogP contribution >= 0.6 is 0 Å². The minimum Gasteiger partial charge on any atom is -0.497 e. The predicted molar refractivity (Wildman–Crippen MR) is 69.2 cm³/mol. The number of hydrogen-bond donors (Lipinski definition) is 3. The fraction of sp³-hybridized carbons (Fsp3) is 0.462. The highest BCUT2D eigenvalue weighted by Crippen LogP contribution is 2.23. The van der Waals surface area contributed by atoms with Crippen LogP contribution in [0.1, 0.15) is 19.4 Å². The van der Waals surface area contributed by atoms with Crippen molar-refractivity contribution in [2.45, 2.75) is 25.4 Å². The fourth-order valence-electron chi connectivity index (χ4n) is 1.57. The monoisotopic (exact) mass is 252 g/mol. The van der Waals surface area contributed by atoms with Gasteiger partial charge in [-0.15, -0.1) is 0 Å². The molecule has 0 aliphatic carbocycles. The van der Waals surface area contributed by atoms with Crippen molar-refractivity contribution < 1.29 is 14.6 Å². The number of carbonyl (C=O) groups is 1. The maximum Gasteiger partial charge on any atom is 0.239 e. The summed E-state index contributed by atoms with van der Waals surface area (Å²) < 4.78 is 5.15. The van der Waals surface area contributed by atoms with Crippen LogP contribution in [0.3, 0.4) is 0 Å². The van der Waals surface area contributed by atoms with Gasteiger partial charge in [-0.1, -0.05) is 12.1 Å². The van der Waals surface area contributed by atoms with Crippen molar-refractivity contribution in [1.82, 2.24) is 5.32 Å². The molecule has 1 rings (SSSR count). The van der Waals surface area contributed by atoms with E-state index < -0.39 is 11.6 Å². The molecule has 1 unspecified atom stereocenters. The lowest BCUT2D eigenvalue weighted by Crippen LogP contribution is -2.50. The Kier molecular flexibility index (Phi) is 4.69. The molecule has 0 spiro atoms. The van der Waals surface area contributed by atoms with Crippen LogP contribution < -0.4 is 15.8 Å². The van der Waals surface area contributed by atoms with Gasteiger partial charge in [-0.3, -0.25) is 4.79 Å². The molecule has 0 aromatic heterocycles. The number of hydrogen-bond acceptors (Lipinski definition) is 4. The first-order valence-corrected chi connectivity index (χ1v) is 5.73. The molecule has 0 heterocycles. The maximum absolute atomic E-state index is 11.7. The first-order chi connectivity index (χ1) is 8.40. The summed E-state index contributed by atoms with van der Waals surface area (Å²) in [5, 5.41) is 11.6. The van der Waals surface area contributed by atoms with Crippen molar-refractivity contribution in [3.05, 3.63) is 29.8 Å². The summed E-state index contributed by atoms with van der Waals surface area (Å²) in [6.07, 6.45) is 0. The number of rotatable bonds is 5. The Hall–Kier alpha value is -1.59. The molecule has 4 N–H and O–H groups in total. The van der Waals surface area contributed by atoms with E-state index in [4.69, 9.17) is 15.6 Å². The zero-order chi connectivity index (χ0) is 13.8. The first kappa shape index (κ1) is 14.5. The summed E-state index contributed by atoms with van der Waals surface area (Å²) in [6.45, 7) is 3.35. The van der Waals surface area contributed by atoms with Gasteiger partial charge in [0, 0.05) is 0 Å². The Labute approximate surface area is 107 Å². The van der Waals surface area contributed by atoms with Crippen LogP contribution in [0.5, 0.6) is 5.75 Å². The molecule has 18 heavy (non-hydrogen) atoms. The molecule has 5 nitrogen and oxygen atoms in total. The summed E-state index contributed by atoms with van der Waals surface area (Å²) in [5.41, 5.74) is 5.79. The van der Waals surface area contributed by atoms with Gasteiger partial charge in [0.15, 0.2) is 0 Å². The van der Waals surface area contributed by atoms with Gasteiger partial charge in [-0.25, -0.2) is 0 Å². The van der Waals surface area contributed by atoms with Crippen molar-refractivity contribution in [3.63, 3.8) is 0 Å². The Morgan fingerprint density at radius 2 is 2.22 bits per heavy atom. The molecular formula is C13H20N2O3. The van der Waals surface area contributed by atoms with E-state index in [0.29, 0.717) is 0 Å². The Balaban J connectivity index is 2.88. The van der Waals surface area contributed by atoms with E-state index in [0.717, 1.165) is 11.3 Å². The van der Waals surface area contributed by atoms with Crippen molar-refractivity contribution in [1.29, 1.82) is 0 Å². The standard InChI is InChI=1S/C13H20N2O3/c1-13(2,15-12(17)11(14)8-16)9-5-4-6-10(7-9)18-3/h4-7,11,16H,8,14H2,1-3H3,(H,15,17). The van der Waals surface area contributed by atoms with Gasteiger partial charge in [0.2, 0.25) is 5.91 Å². The van der Waals surface area contributed by atoms with E-state index in [1.54, 1.807) is 7.11 Å². The number of benzene rings is 1. The van der Waals surface area contributed by atoms with Crippen LogP contribution in [0, 0.1) is 0 Å². The Bertz CT molecular complexity index is 418. The average molecular weight is 252 g/mol. The Morgan fingerprint density at radius 1 is 1.56 bits per heavy atom. The van der Waals surface area contributed by atoms with Crippen molar-refractivity contribution >= 4 is 5.91 Å². The molecule has 1 aromatic carbocycles. The van der Waals surface area contributed by atoms with Gasteiger partial charge >= 0.3 is 0 Å². The molecule has 1 atom stereocenters. The second kappa shape index (κ2) is 5.84. The number of aliphatic hydroxyl groups excluding tert-OH is 1. The quantitative estimate of drug-likeness (QED) is 0.706. The van der Waals surface area contributed by atoms with Crippen molar-refractivity contribution in [2.24, 2.45) is 5.73 Å². The van der Waals surface area contributed by atoms with E-state index >= 15 is 0 Å². The van der Waals surface area contributed by atoms with E-state index in [1.165, 1.54) is 0 Å². The molecule has 0 bridgehead atoms. The summed E-state index contributed by atoms with van der Waals surface area (Å²) in [5.74, 6) is 0.339. The maximum atomic E-state index is 11.7. The zero-order valence-corrected chi connectivity index (χ0v) is 10.9. The number of ether oxygens (including phenoxy) is 1. The second-order valence-corrected chi connectivity index (χ2v) is 4.64. The van der Waals surface area contributed by atoms with E-state index in [1.807, 2.05) is 38.1 Å². The van der Waals surface area contributed by atoms with Crippen molar-refractivity contribution in [3.8, 4) is 5.75 Å². The molecule has 1 amide bonds. The van der Waals surface area contributed by atoms with Gasteiger partial charge in [-0.2, -0.15) is 0 Å². The topological polar surface area (TPSA) is 84.6 Å². The SMILES string of the molecule is COc1cccc(C(C)(C)NC(=O)C(N)CO)c1. The molecule has 0 radical (unpaired) electrons. The number of nitrogens with two attached hydrogens (primary N) is 1. The lowest BCUT2D eigenvalue weighted by molar-refractivity contribution is -0.124. The molecule has 0 aliphatic rings. The molecule has 0 saturated heterocycles. The molecule has 1 aromatic rings. The number of aliphatic hydroxyl groups is 1. The predicted octanol–water partition coefficient (Wildman–Crippen LogP) is 0.366. The number of carbonyl (C=O) groups excluding carboxylic acids is 1. The van der Waals surface area contributed by atoms with Gasteiger partial charge in [0.1, 0.15) is 11.8 Å². The van der Waals surface area contributed by atoms with Crippen molar-refractivity contribution in [2.75, 3.05) is 13.7 Å². The summed E-state index contributed by atoms with van der Waals surface area (Å²) in [4.78, 5) is 11.7. The highest BCUT2D eigenvalue weighted by molar-refractivity contribution is 5.82. The van der Waals surface area contributed by atoms with Crippen LogP contribution in [-0.2, 0) is 10.3 Å². The zero-order valence-electron chi connectivity index (χ0n) is 10.9. The third kappa shape index (κ3) is 3.45. The normalized spacial score (nSPS) is 12.9. The van der Waals surface area contributed by atoms with Gasteiger partial charge in [0.05, 0.1) is 19.3 Å². The van der Waals surface area contributed by atoms with Crippen LogP contribution in [0.2, 0.25) is 0 Å². The smallest absolute Gasteiger partial charge is 0.239 e. The number of amides is 1. The summed E-state index contributed by atoms with van der Waals surface area (Å²) in [6, 6.07) is 6.53. The number of nitrogens with one attached hydrogen (secondary N) is 1. The molecule has 0 saturated carbocycles. The fourth-order valence-corrected chi connectivity index (χ4v) is 1.57. The van der Waals surface area contributed by atoms with Crippen LogP contribution in [0.15, 0.2) is 24.3 Å². The lowest BCUT2D eigenvalue weighted by Gasteiger charge is -2.28. The third-order valence-corrected chi connectivity index (χ3v) is 2.76. The minimum absolute atomic E-state index is 0.375. The highest BCUT2D eigenvalue weighted by atomic mass is 16.5. The molecule has 100 valence electrons. The molecule has 0 aliphatic heterocycles. The minimum atomic E-state index is -0.908. The highest BCUT2D eigenvalue weighted by Gasteiger charge is 2.25. The van der Waals surface area contributed by atoms with Gasteiger partial charge < -0.3 is 20.9 Å². The summed E-state index contributed by atoms with van der Waals surface area (Å²) >= 11 is 0. The van der Waals surface area contributed by atoms with E-state index in [9.17, 15) is 4.79 Å². The largest absolute Gasteiger partial charge is 0.497 e. The second-order valence-electron chi connectivity index (χ2n) is 4.64. The van der Waals surface area contributed by atoms with E-state index in [2.05, 4.69) is 5.32 Å². The van der Waals surface area contributed by atoms with Crippen LogP contribution in [0.25, 0.3) is 0 Å². The molecule has 5 heteroatoms. The average Bonchev–Trinajstić information content (AvgIpc) is 2.37.